The van der Waals surface area contributed by atoms with Crippen LogP contribution in [0.25, 0.3) is 28.0 Å². The lowest BCUT2D eigenvalue weighted by Crippen LogP contribution is -2.65. The number of hydrogen-bond acceptors (Lipinski definition) is 9. The van der Waals surface area contributed by atoms with Gasteiger partial charge in [0.1, 0.15) is 6.67 Å². The zero-order chi connectivity index (χ0) is 24.4. The molecule has 36 heavy (non-hydrogen) atoms. The lowest BCUT2D eigenvalue weighted by atomic mass is 9.69. The number of anilines is 1. The van der Waals surface area contributed by atoms with E-state index in [-0.39, 0.29) is 23.8 Å². The van der Waals surface area contributed by atoms with Gasteiger partial charge in [-0.1, -0.05) is 5.16 Å². The zero-order valence-electron chi connectivity index (χ0n) is 19.7. The van der Waals surface area contributed by atoms with E-state index >= 15 is 4.39 Å². The molecule has 0 amide bonds. The van der Waals surface area contributed by atoms with E-state index in [1.165, 1.54) is 0 Å². The summed E-state index contributed by atoms with van der Waals surface area (Å²) in [6.45, 7) is 5.00. The number of aromatic nitrogens is 5. The van der Waals surface area contributed by atoms with Gasteiger partial charge in [-0.15, -0.1) is 0 Å². The molecule has 0 bridgehead atoms. The molecular formula is C25H23FN8O2. The van der Waals surface area contributed by atoms with Gasteiger partial charge >= 0.3 is 0 Å². The van der Waals surface area contributed by atoms with Crippen molar-refractivity contribution in [2.75, 3.05) is 18.1 Å². The van der Waals surface area contributed by atoms with E-state index in [9.17, 15) is 0 Å². The number of ether oxygens (including phenoxy) is 1. The number of hydrogen-bond donors (Lipinski definition) is 0. The minimum absolute atomic E-state index is 0.0549. The van der Waals surface area contributed by atoms with Crippen LogP contribution in [0.5, 0.6) is 0 Å². The predicted molar refractivity (Wildman–Crippen MR) is 131 cm³/mol. The minimum atomic E-state index is -0.493. The Balaban J connectivity index is 1.39. The topological polar surface area (TPSA) is 107 Å². The predicted octanol–water partition coefficient (Wildman–Crippen LogP) is 3.25. The molecular weight excluding hydrogens is 463 g/mol. The van der Waals surface area contributed by atoms with Crippen LogP contribution in [0, 0.1) is 11.2 Å². The normalized spacial score (nSPS) is 24.3. The molecule has 1 spiro atoms. The number of aliphatic imine (C=N–C) groups is 2. The summed E-state index contributed by atoms with van der Waals surface area (Å²) in [4.78, 5) is 19.5. The van der Waals surface area contributed by atoms with Crippen LogP contribution in [-0.2, 0) is 11.2 Å². The lowest BCUT2D eigenvalue weighted by molar-refractivity contribution is -0.0432. The van der Waals surface area contributed by atoms with E-state index in [1.807, 2.05) is 32.3 Å². The number of halogens is 1. The SMILES string of the molecule is C[C@@H]1CN2c3c(cc4c(-n5cc(-c6cnccn6)cn5)noc4c3F)CC3(C=NCN=C3)[C@H]2[C@H](C)O1. The van der Waals surface area contributed by atoms with Crippen molar-refractivity contribution in [3.05, 3.63) is 48.4 Å². The first-order chi connectivity index (χ1) is 17.5. The smallest absolute Gasteiger partial charge is 0.206 e. The number of morpholine rings is 1. The summed E-state index contributed by atoms with van der Waals surface area (Å²) < 4.78 is 29.5. The Hall–Kier alpha value is -3.99. The number of fused-ring (bicyclic) bond motifs is 5. The molecule has 182 valence electrons. The van der Waals surface area contributed by atoms with Gasteiger partial charge in [-0.2, -0.15) is 5.10 Å². The number of nitrogens with zero attached hydrogens (tertiary/aromatic N) is 8. The molecule has 3 aliphatic heterocycles. The van der Waals surface area contributed by atoms with Crippen LogP contribution < -0.4 is 4.90 Å². The van der Waals surface area contributed by atoms with E-state index in [0.717, 1.165) is 11.1 Å². The third-order valence-corrected chi connectivity index (χ3v) is 7.24. The summed E-state index contributed by atoms with van der Waals surface area (Å²) in [6.07, 6.45) is 12.6. The van der Waals surface area contributed by atoms with Crippen molar-refractivity contribution in [2.45, 2.75) is 38.5 Å². The molecule has 0 unspecified atom stereocenters. The van der Waals surface area contributed by atoms with Gasteiger partial charge in [-0.25, -0.2) is 9.07 Å². The van der Waals surface area contributed by atoms with Crippen LogP contribution in [0.1, 0.15) is 19.4 Å². The van der Waals surface area contributed by atoms with E-state index < -0.39 is 11.2 Å². The van der Waals surface area contributed by atoms with Gasteiger partial charge < -0.3 is 14.2 Å². The first-order valence-corrected chi connectivity index (χ1v) is 11.9. The first-order valence-electron chi connectivity index (χ1n) is 11.9. The van der Waals surface area contributed by atoms with E-state index in [4.69, 9.17) is 9.26 Å². The van der Waals surface area contributed by atoms with Crippen molar-refractivity contribution < 1.29 is 13.7 Å². The second-order valence-electron chi connectivity index (χ2n) is 9.65. The summed E-state index contributed by atoms with van der Waals surface area (Å²) in [7, 11) is 0. The molecule has 0 saturated carbocycles. The summed E-state index contributed by atoms with van der Waals surface area (Å²) in [6, 6.07) is 1.83. The van der Waals surface area contributed by atoms with Gasteiger partial charge in [-0.05, 0) is 31.9 Å². The maximum absolute atomic E-state index is 16.2. The highest BCUT2D eigenvalue weighted by Crippen LogP contribution is 2.47. The van der Waals surface area contributed by atoms with Crippen molar-refractivity contribution in [1.29, 1.82) is 0 Å². The molecule has 3 aliphatic rings. The van der Waals surface area contributed by atoms with E-state index in [0.29, 0.717) is 42.2 Å². The summed E-state index contributed by atoms with van der Waals surface area (Å²) in [5.41, 5.74) is 2.45. The highest BCUT2D eigenvalue weighted by atomic mass is 19.1. The molecule has 1 saturated heterocycles. The molecule has 11 heteroatoms. The van der Waals surface area contributed by atoms with Crippen molar-refractivity contribution in [2.24, 2.45) is 15.4 Å². The molecule has 0 aliphatic carbocycles. The molecule has 10 nitrogen and oxygen atoms in total. The van der Waals surface area contributed by atoms with Gasteiger partial charge in [0.25, 0.3) is 0 Å². The Morgan fingerprint density at radius 3 is 2.81 bits per heavy atom. The fourth-order valence-corrected chi connectivity index (χ4v) is 5.96. The minimum Gasteiger partial charge on any atom is -0.372 e. The Morgan fingerprint density at radius 1 is 1.14 bits per heavy atom. The molecule has 1 fully saturated rings. The van der Waals surface area contributed by atoms with Gasteiger partial charge in [0.15, 0.2) is 5.82 Å². The van der Waals surface area contributed by atoms with Crippen molar-refractivity contribution in [1.82, 2.24) is 24.9 Å². The molecule has 3 aromatic heterocycles. The monoisotopic (exact) mass is 486 g/mol. The third kappa shape index (κ3) is 3.05. The highest BCUT2D eigenvalue weighted by molar-refractivity contribution is 5.96. The van der Waals surface area contributed by atoms with Crippen LogP contribution in [0.15, 0.2) is 51.6 Å². The molecule has 0 radical (unpaired) electrons. The Labute approximate surface area is 205 Å². The summed E-state index contributed by atoms with van der Waals surface area (Å²) in [5, 5.41) is 9.18. The molecule has 6 heterocycles. The average molecular weight is 487 g/mol. The van der Waals surface area contributed by atoms with Crippen LogP contribution >= 0.6 is 0 Å². The van der Waals surface area contributed by atoms with Crippen LogP contribution in [0.3, 0.4) is 0 Å². The Morgan fingerprint density at radius 2 is 2.00 bits per heavy atom. The summed E-state index contributed by atoms with van der Waals surface area (Å²) >= 11 is 0. The van der Waals surface area contributed by atoms with Gasteiger partial charge in [0, 0.05) is 43.1 Å². The quantitative estimate of drug-likeness (QED) is 0.428. The average Bonchev–Trinajstić information content (AvgIpc) is 3.52. The van der Waals surface area contributed by atoms with E-state index in [1.54, 1.807) is 35.7 Å². The molecule has 4 aromatic rings. The highest BCUT2D eigenvalue weighted by Gasteiger charge is 2.52. The van der Waals surface area contributed by atoms with Gasteiger partial charge in [0.05, 0.1) is 52.8 Å². The standard InChI is InChI=1S/C25H23FN8O2/c1-14-9-33-21-16(6-25(11-28-13-29-12-25)23(33)15(2)35-14)5-18-22(20(21)26)36-32-24(18)34-10-17(7-31-34)19-8-27-3-4-30-19/h3-5,7-8,10-12,14-15,23H,6,9,13H2,1-2H3/t14-,15+,23-/m1/s1. The molecule has 3 atom stereocenters. The molecule has 7 rings (SSSR count). The van der Waals surface area contributed by atoms with Crippen LogP contribution in [0.2, 0.25) is 0 Å². The van der Waals surface area contributed by atoms with E-state index in [2.05, 4.69) is 35.1 Å². The lowest BCUT2D eigenvalue weighted by Gasteiger charge is -2.54. The zero-order valence-corrected chi connectivity index (χ0v) is 19.7. The third-order valence-electron chi connectivity index (χ3n) is 7.24. The van der Waals surface area contributed by atoms with Crippen molar-refractivity contribution >= 4 is 29.1 Å². The van der Waals surface area contributed by atoms with Crippen molar-refractivity contribution in [3.63, 3.8) is 0 Å². The fraction of sp³-hybridized carbons (Fsp3) is 0.360. The van der Waals surface area contributed by atoms with Crippen LogP contribution in [-0.4, -0.2) is 68.8 Å². The maximum Gasteiger partial charge on any atom is 0.206 e. The van der Waals surface area contributed by atoms with Gasteiger partial charge in [-0.3, -0.25) is 20.0 Å². The Bertz CT molecular complexity index is 1520. The molecule has 1 aromatic carbocycles. The number of rotatable bonds is 2. The second-order valence-corrected chi connectivity index (χ2v) is 9.65. The maximum atomic E-state index is 16.2. The fourth-order valence-electron chi connectivity index (χ4n) is 5.96. The second kappa shape index (κ2) is 7.76. The summed E-state index contributed by atoms with van der Waals surface area (Å²) in [5.74, 6) is -0.0129. The van der Waals surface area contributed by atoms with Crippen LogP contribution in [0.4, 0.5) is 10.1 Å². The number of benzene rings is 1. The first kappa shape index (κ1) is 21.3. The van der Waals surface area contributed by atoms with Gasteiger partial charge in [0.2, 0.25) is 11.4 Å². The Kier molecular flexibility index (Phi) is 4.59. The molecule has 0 N–H and O–H groups in total. The largest absolute Gasteiger partial charge is 0.372 e. The van der Waals surface area contributed by atoms with Crippen molar-refractivity contribution in [3.8, 4) is 17.1 Å².